The van der Waals surface area contributed by atoms with E-state index >= 15 is 0 Å². The summed E-state index contributed by atoms with van der Waals surface area (Å²) >= 11 is 6.00. The van der Waals surface area contributed by atoms with Gasteiger partial charge in [-0.15, -0.1) is 0 Å². The van der Waals surface area contributed by atoms with Gasteiger partial charge < -0.3 is 9.63 Å². The van der Waals surface area contributed by atoms with Gasteiger partial charge in [-0.25, -0.2) is 8.78 Å². The third-order valence-electron chi connectivity index (χ3n) is 3.26. The molecule has 6 heteroatoms. The molecule has 0 saturated carbocycles. The van der Waals surface area contributed by atoms with Crippen LogP contribution in [-0.4, -0.2) is 10.3 Å². The maximum absolute atomic E-state index is 14.0. The normalized spacial score (nSPS) is 10.9. The largest absolute Gasteiger partial charge is 0.391 e. The van der Waals surface area contributed by atoms with Gasteiger partial charge in [0.1, 0.15) is 17.3 Å². The molecular formula is C16H10ClF2NO2. The van der Waals surface area contributed by atoms with E-state index in [2.05, 4.69) is 5.16 Å². The van der Waals surface area contributed by atoms with Gasteiger partial charge in [-0.1, -0.05) is 35.0 Å². The smallest absolute Gasteiger partial charge is 0.175 e. The van der Waals surface area contributed by atoms with Crippen LogP contribution in [0.3, 0.4) is 0 Å². The van der Waals surface area contributed by atoms with Crippen LogP contribution >= 0.6 is 11.6 Å². The number of aliphatic hydroxyl groups is 1. The molecule has 3 aromatic rings. The third-order valence-corrected chi connectivity index (χ3v) is 3.58. The summed E-state index contributed by atoms with van der Waals surface area (Å²) in [7, 11) is 0. The molecule has 1 heterocycles. The summed E-state index contributed by atoms with van der Waals surface area (Å²) in [6, 6.07) is 10.1. The fraction of sp³-hybridized carbons (Fsp3) is 0.0625. The predicted octanol–water partition coefficient (Wildman–Crippen LogP) is 4.43. The van der Waals surface area contributed by atoms with Gasteiger partial charge in [0.05, 0.1) is 28.3 Å². The van der Waals surface area contributed by atoms with Gasteiger partial charge >= 0.3 is 0 Å². The minimum absolute atomic E-state index is 0.0135. The molecule has 0 atom stereocenters. The van der Waals surface area contributed by atoms with Crippen molar-refractivity contribution in [2.45, 2.75) is 6.61 Å². The lowest BCUT2D eigenvalue weighted by Gasteiger charge is -2.05. The Morgan fingerprint density at radius 3 is 2.45 bits per heavy atom. The highest BCUT2D eigenvalue weighted by Gasteiger charge is 2.23. The van der Waals surface area contributed by atoms with Crippen molar-refractivity contribution in [3.63, 3.8) is 0 Å². The molecule has 2 aromatic carbocycles. The molecule has 0 fully saturated rings. The average molecular weight is 322 g/mol. The van der Waals surface area contributed by atoms with Crippen LogP contribution in [0.15, 0.2) is 47.0 Å². The Morgan fingerprint density at radius 2 is 1.77 bits per heavy atom. The number of benzene rings is 2. The fourth-order valence-corrected chi connectivity index (χ4v) is 2.49. The molecule has 0 aliphatic carbocycles. The first-order valence-corrected chi connectivity index (χ1v) is 6.80. The molecule has 0 amide bonds. The summed E-state index contributed by atoms with van der Waals surface area (Å²) in [4.78, 5) is 0. The third kappa shape index (κ3) is 2.38. The Labute approximate surface area is 129 Å². The fourth-order valence-electron chi connectivity index (χ4n) is 2.23. The first-order chi connectivity index (χ1) is 10.6. The van der Waals surface area contributed by atoms with Crippen LogP contribution in [0.25, 0.3) is 22.6 Å². The van der Waals surface area contributed by atoms with Crippen molar-refractivity contribution in [1.82, 2.24) is 5.16 Å². The lowest BCUT2D eigenvalue weighted by atomic mass is 10.0. The molecule has 3 nitrogen and oxygen atoms in total. The number of aliphatic hydroxyl groups excluding tert-OH is 1. The Balaban J connectivity index is 2.23. The topological polar surface area (TPSA) is 46.3 Å². The van der Waals surface area contributed by atoms with Gasteiger partial charge in [-0.2, -0.15) is 0 Å². The highest BCUT2D eigenvalue weighted by Crippen LogP contribution is 2.37. The Kier molecular flexibility index (Phi) is 3.92. The van der Waals surface area contributed by atoms with Crippen molar-refractivity contribution in [3.8, 4) is 22.6 Å². The van der Waals surface area contributed by atoms with E-state index in [9.17, 15) is 13.9 Å². The first-order valence-electron chi connectivity index (χ1n) is 6.42. The quantitative estimate of drug-likeness (QED) is 0.776. The number of aromatic nitrogens is 1. The number of halogens is 3. The van der Waals surface area contributed by atoms with Crippen molar-refractivity contribution < 1.29 is 18.4 Å². The second-order valence-corrected chi connectivity index (χ2v) is 4.98. The molecule has 0 radical (unpaired) electrons. The number of hydrogen-bond acceptors (Lipinski definition) is 3. The van der Waals surface area contributed by atoms with Gasteiger partial charge in [0.25, 0.3) is 0 Å². The standard InChI is InChI=1S/C16H10ClF2NO2/c17-11-5-3-7-13(19)14(11)15-10(8-21)16(22-20-15)9-4-1-2-6-12(9)18/h1-7,21H,8H2. The monoisotopic (exact) mass is 321 g/mol. The van der Waals surface area contributed by atoms with E-state index in [1.165, 1.54) is 36.4 Å². The zero-order valence-corrected chi connectivity index (χ0v) is 11.9. The Bertz CT molecular complexity index is 813. The number of hydrogen-bond donors (Lipinski definition) is 1. The summed E-state index contributed by atoms with van der Waals surface area (Å²) in [6.07, 6.45) is 0. The molecule has 0 unspecified atom stereocenters. The van der Waals surface area contributed by atoms with E-state index in [0.29, 0.717) is 0 Å². The SMILES string of the molecule is OCc1c(-c2c(F)cccc2Cl)noc1-c1ccccc1F. The molecule has 112 valence electrons. The molecule has 3 rings (SSSR count). The molecular weight excluding hydrogens is 312 g/mol. The van der Waals surface area contributed by atoms with Crippen molar-refractivity contribution in [2.24, 2.45) is 0 Å². The van der Waals surface area contributed by atoms with Crippen LogP contribution in [-0.2, 0) is 6.61 Å². The van der Waals surface area contributed by atoms with E-state index in [0.717, 1.165) is 0 Å². The zero-order valence-electron chi connectivity index (χ0n) is 11.2. The zero-order chi connectivity index (χ0) is 15.7. The maximum Gasteiger partial charge on any atom is 0.175 e. The minimum Gasteiger partial charge on any atom is -0.391 e. The molecule has 1 aromatic heterocycles. The van der Waals surface area contributed by atoms with E-state index in [1.54, 1.807) is 6.07 Å². The second kappa shape index (κ2) is 5.87. The molecule has 0 aliphatic rings. The van der Waals surface area contributed by atoms with Crippen molar-refractivity contribution >= 4 is 11.6 Å². The van der Waals surface area contributed by atoms with Crippen molar-refractivity contribution in [2.75, 3.05) is 0 Å². The molecule has 0 saturated heterocycles. The van der Waals surface area contributed by atoms with Gasteiger partial charge in [-0.05, 0) is 24.3 Å². The van der Waals surface area contributed by atoms with Gasteiger partial charge in [0, 0.05) is 0 Å². The van der Waals surface area contributed by atoms with Crippen LogP contribution in [0.4, 0.5) is 8.78 Å². The summed E-state index contributed by atoms with van der Waals surface area (Å²) in [5, 5.41) is 13.5. The summed E-state index contributed by atoms with van der Waals surface area (Å²) < 4.78 is 33.1. The summed E-state index contributed by atoms with van der Waals surface area (Å²) in [6.45, 7) is -0.493. The Morgan fingerprint density at radius 1 is 1.05 bits per heavy atom. The minimum atomic E-state index is -0.601. The van der Waals surface area contributed by atoms with Crippen LogP contribution in [0.1, 0.15) is 5.56 Å². The number of nitrogens with zero attached hydrogens (tertiary/aromatic N) is 1. The van der Waals surface area contributed by atoms with E-state index < -0.39 is 18.2 Å². The van der Waals surface area contributed by atoms with Gasteiger partial charge in [0.15, 0.2) is 5.76 Å². The maximum atomic E-state index is 14.0. The highest BCUT2D eigenvalue weighted by atomic mass is 35.5. The molecule has 22 heavy (non-hydrogen) atoms. The molecule has 0 spiro atoms. The number of rotatable bonds is 3. The molecule has 1 N–H and O–H groups in total. The second-order valence-electron chi connectivity index (χ2n) is 4.57. The van der Waals surface area contributed by atoms with E-state index in [1.807, 2.05) is 0 Å². The van der Waals surface area contributed by atoms with Crippen LogP contribution in [0.2, 0.25) is 5.02 Å². The van der Waals surface area contributed by atoms with Crippen LogP contribution in [0, 0.1) is 11.6 Å². The van der Waals surface area contributed by atoms with E-state index in [-0.39, 0.29) is 33.2 Å². The molecule has 0 aliphatic heterocycles. The van der Waals surface area contributed by atoms with Gasteiger partial charge in [0.2, 0.25) is 0 Å². The van der Waals surface area contributed by atoms with Crippen LogP contribution < -0.4 is 0 Å². The average Bonchev–Trinajstić information content (AvgIpc) is 2.91. The lowest BCUT2D eigenvalue weighted by Crippen LogP contribution is -1.93. The lowest BCUT2D eigenvalue weighted by molar-refractivity contribution is 0.281. The van der Waals surface area contributed by atoms with E-state index in [4.69, 9.17) is 16.1 Å². The first kappa shape index (κ1) is 14.7. The highest BCUT2D eigenvalue weighted by molar-refractivity contribution is 6.33. The predicted molar refractivity (Wildman–Crippen MR) is 78.2 cm³/mol. The molecule has 0 bridgehead atoms. The Hall–Kier alpha value is -2.24. The van der Waals surface area contributed by atoms with Gasteiger partial charge in [-0.3, -0.25) is 0 Å². The summed E-state index contributed by atoms with van der Waals surface area (Å²) in [5.41, 5.74) is 0.387. The van der Waals surface area contributed by atoms with Crippen molar-refractivity contribution in [3.05, 3.63) is 64.7 Å². The van der Waals surface area contributed by atoms with Crippen LogP contribution in [0.5, 0.6) is 0 Å². The van der Waals surface area contributed by atoms with Crippen molar-refractivity contribution in [1.29, 1.82) is 0 Å². The summed E-state index contributed by atoms with van der Waals surface area (Å²) in [5.74, 6) is -1.08.